The molecule has 0 fully saturated rings. The molecule has 4 N–H and O–H groups in total. The van der Waals surface area contributed by atoms with Gasteiger partial charge in [0.2, 0.25) is 0 Å². The van der Waals surface area contributed by atoms with Crippen LogP contribution < -0.4 is 26.4 Å². The second kappa shape index (κ2) is 15.9. The molecule has 0 aliphatic rings. The summed E-state index contributed by atoms with van der Waals surface area (Å²) < 4.78 is 42.6. The van der Waals surface area contributed by atoms with Gasteiger partial charge in [-0.15, -0.1) is 0 Å². The van der Waals surface area contributed by atoms with E-state index in [0.29, 0.717) is 12.2 Å². The molecule has 0 aliphatic heterocycles. The number of phosphoric ester groups is 1. The van der Waals surface area contributed by atoms with E-state index in [2.05, 4.69) is 24.8 Å². The molecule has 1 unspecified atom stereocenters. The van der Waals surface area contributed by atoms with Crippen molar-refractivity contribution in [1.29, 1.82) is 0 Å². The molecule has 3 rings (SSSR count). The summed E-state index contributed by atoms with van der Waals surface area (Å²) in [5.41, 5.74) is 6.91. The highest BCUT2D eigenvalue weighted by atomic mass is 31.2. The Labute approximate surface area is 250 Å². The summed E-state index contributed by atoms with van der Waals surface area (Å²) in [5, 5.41) is 2.51. The number of hydrogen-bond acceptors (Lipinski definition) is 15. The highest BCUT2D eigenvalue weighted by Gasteiger charge is 2.19. The van der Waals surface area contributed by atoms with Crippen LogP contribution in [-0.4, -0.2) is 90.2 Å². The van der Waals surface area contributed by atoms with Gasteiger partial charge in [0.1, 0.15) is 18.7 Å². The predicted molar refractivity (Wildman–Crippen MR) is 150 cm³/mol. The fraction of sp³-hybridized carbons (Fsp3) is 0.440. The molecule has 2 heterocycles. The quantitative estimate of drug-likeness (QED) is 0.0957. The Hall–Kier alpha value is -4.35. The second-order valence-corrected chi connectivity index (χ2v) is 10.4. The SMILES string of the molecule is COCCOc1nc(N)c2[nH]c(=O)n(Cc3ccc(C(=O)NCCOP(=O)([O-])OC[C@@H](COC(C)=O)OC(C)=O)cc3)c2n1. The maximum atomic E-state index is 12.6. The summed E-state index contributed by atoms with van der Waals surface area (Å²) in [6, 6.07) is 6.29. The number of carbonyl (C=O) groups is 3. The van der Waals surface area contributed by atoms with Crippen molar-refractivity contribution in [2.75, 3.05) is 52.4 Å². The number of nitrogens with one attached hydrogen (secondary N) is 2. The van der Waals surface area contributed by atoms with E-state index in [4.69, 9.17) is 29.2 Å². The Kier molecular flexibility index (Phi) is 12.4. The Balaban J connectivity index is 1.52. The van der Waals surface area contributed by atoms with Gasteiger partial charge in [0, 0.05) is 33.1 Å². The molecule has 0 aliphatic carbocycles. The molecule has 18 nitrogen and oxygen atoms in total. The third kappa shape index (κ3) is 10.4. The lowest BCUT2D eigenvalue weighted by molar-refractivity contribution is -0.228. The summed E-state index contributed by atoms with van der Waals surface area (Å²) in [6.45, 7) is 1.15. The van der Waals surface area contributed by atoms with Crippen LogP contribution in [0.4, 0.5) is 5.82 Å². The first-order chi connectivity index (χ1) is 20.9. The number of nitrogen functional groups attached to an aromatic ring is 1. The summed E-state index contributed by atoms with van der Waals surface area (Å²) in [4.78, 5) is 70.1. The van der Waals surface area contributed by atoms with Crippen LogP contribution >= 0.6 is 7.82 Å². The van der Waals surface area contributed by atoms with Gasteiger partial charge in [-0.3, -0.25) is 23.5 Å². The van der Waals surface area contributed by atoms with Gasteiger partial charge in [-0.25, -0.2) is 4.79 Å². The van der Waals surface area contributed by atoms with E-state index in [0.717, 1.165) is 13.8 Å². The summed E-state index contributed by atoms with van der Waals surface area (Å²) >= 11 is 0. The number of esters is 2. The van der Waals surface area contributed by atoms with Crippen LogP contribution in [0.2, 0.25) is 0 Å². The molecule has 0 saturated heterocycles. The van der Waals surface area contributed by atoms with Crippen molar-refractivity contribution >= 4 is 42.7 Å². The van der Waals surface area contributed by atoms with E-state index < -0.39 is 57.3 Å². The topological polar surface area (TPSA) is 248 Å². The Morgan fingerprint density at radius 2 is 1.80 bits per heavy atom. The van der Waals surface area contributed by atoms with Crippen LogP contribution in [0.3, 0.4) is 0 Å². The first-order valence-electron chi connectivity index (χ1n) is 13.0. The minimum absolute atomic E-state index is 0.0128. The highest BCUT2D eigenvalue weighted by molar-refractivity contribution is 7.45. The predicted octanol–water partition coefficient (Wildman–Crippen LogP) is -0.498. The number of anilines is 1. The number of hydrogen-bond donors (Lipinski definition) is 3. The van der Waals surface area contributed by atoms with Crippen LogP contribution in [-0.2, 0) is 44.0 Å². The first kappa shape index (κ1) is 34.1. The molecule has 240 valence electrons. The third-order valence-electron chi connectivity index (χ3n) is 5.57. The Morgan fingerprint density at radius 1 is 1.07 bits per heavy atom. The van der Waals surface area contributed by atoms with E-state index in [1.807, 2.05) is 0 Å². The minimum Gasteiger partial charge on any atom is -0.756 e. The lowest BCUT2D eigenvalue weighted by Gasteiger charge is -2.25. The van der Waals surface area contributed by atoms with Crippen molar-refractivity contribution in [2.24, 2.45) is 0 Å². The van der Waals surface area contributed by atoms with Gasteiger partial charge in [-0.05, 0) is 17.7 Å². The van der Waals surface area contributed by atoms with Gasteiger partial charge < -0.3 is 48.9 Å². The number of amides is 1. The van der Waals surface area contributed by atoms with Crippen LogP contribution in [0.1, 0.15) is 29.8 Å². The van der Waals surface area contributed by atoms with Crippen LogP contribution in [0, 0.1) is 0 Å². The van der Waals surface area contributed by atoms with Gasteiger partial charge in [-0.1, -0.05) is 12.1 Å². The fourth-order valence-corrected chi connectivity index (χ4v) is 4.34. The summed E-state index contributed by atoms with van der Waals surface area (Å²) in [6.07, 6.45) is -1.16. The van der Waals surface area contributed by atoms with Gasteiger partial charge in [-0.2, -0.15) is 9.97 Å². The van der Waals surface area contributed by atoms with E-state index in [1.165, 1.54) is 23.8 Å². The number of ether oxygens (including phenoxy) is 4. The zero-order chi connectivity index (χ0) is 32.3. The number of imidazole rings is 1. The lowest BCUT2D eigenvalue weighted by atomic mass is 10.1. The van der Waals surface area contributed by atoms with Gasteiger partial charge in [0.25, 0.3) is 13.7 Å². The van der Waals surface area contributed by atoms with E-state index in [9.17, 15) is 28.6 Å². The highest BCUT2D eigenvalue weighted by Crippen LogP contribution is 2.38. The number of phosphoric acid groups is 1. The van der Waals surface area contributed by atoms with E-state index in [-0.39, 0.29) is 48.3 Å². The molecule has 44 heavy (non-hydrogen) atoms. The van der Waals surface area contributed by atoms with Crippen molar-refractivity contribution in [2.45, 2.75) is 26.5 Å². The molecule has 1 aromatic carbocycles. The van der Waals surface area contributed by atoms with Crippen molar-refractivity contribution in [3.05, 3.63) is 45.9 Å². The van der Waals surface area contributed by atoms with Crippen molar-refractivity contribution in [3.8, 4) is 6.01 Å². The molecule has 2 atom stereocenters. The number of fused-ring (bicyclic) bond motifs is 1. The standard InChI is InChI=1S/C25H33N6O12P/c1-15(32)40-13-19(43-16(2)33)14-42-44(36,37)41-9-8-27-23(34)18-6-4-17(5-7-18)12-31-22-20(28-25(31)35)21(26)29-24(30-22)39-11-10-38-3/h4-7,19H,8-14H2,1-3H3,(H,27,34)(H,28,35)(H,36,37)(H2,26,29,30)/p-1/t19-/m1/s1. The maximum Gasteiger partial charge on any atom is 0.328 e. The Morgan fingerprint density at radius 3 is 2.45 bits per heavy atom. The van der Waals surface area contributed by atoms with E-state index in [1.54, 1.807) is 12.1 Å². The lowest BCUT2D eigenvalue weighted by Crippen LogP contribution is -2.30. The normalized spacial score (nSPS) is 13.2. The molecule has 0 spiro atoms. The molecule has 1 amide bonds. The van der Waals surface area contributed by atoms with Crippen LogP contribution in [0.5, 0.6) is 6.01 Å². The monoisotopic (exact) mass is 639 g/mol. The zero-order valence-corrected chi connectivity index (χ0v) is 25.0. The smallest absolute Gasteiger partial charge is 0.328 e. The summed E-state index contributed by atoms with van der Waals surface area (Å²) in [7, 11) is -3.32. The first-order valence-corrected chi connectivity index (χ1v) is 14.5. The molecule has 2 aromatic heterocycles. The zero-order valence-electron chi connectivity index (χ0n) is 24.1. The molecule has 0 radical (unpaired) electrons. The molecule has 19 heteroatoms. The van der Waals surface area contributed by atoms with Crippen molar-refractivity contribution in [1.82, 2.24) is 24.8 Å². The number of benzene rings is 1. The molecular weight excluding hydrogens is 607 g/mol. The molecule has 3 aromatic rings. The van der Waals surface area contributed by atoms with Crippen molar-refractivity contribution < 1.29 is 51.8 Å². The van der Waals surface area contributed by atoms with Gasteiger partial charge in [0.15, 0.2) is 17.6 Å². The number of aromatic nitrogens is 4. The number of nitrogens with zero attached hydrogens (tertiary/aromatic N) is 3. The van der Waals surface area contributed by atoms with Crippen molar-refractivity contribution in [3.63, 3.8) is 0 Å². The molecule has 0 bridgehead atoms. The Bertz CT molecular complexity index is 1560. The van der Waals surface area contributed by atoms with Crippen LogP contribution in [0.25, 0.3) is 11.2 Å². The number of aromatic amines is 1. The average Bonchev–Trinajstić information content (AvgIpc) is 3.28. The largest absolute Gasteiger partial charge is 0.756 e. The maximum absolute atomic E-state index is 12.6. The molecular formula is C25H32N6O12P-. The van der Waals surface area contributed by atoms with Crippen LogP contribution in [0.15, 0.2) is 29.1 Å². The number of H-pyrrole nitrogens is 1. The van der Waals surface area contributed by atoms with Gasteiger partial charge >= 0.3 is 23.6 Å². The summed E-state index contributed by atoms with van der Waals surface area (Å²) in [5.74, 6) is -1.86. The van der Waals surface area contributed by atoms with Gasteiger partial charge in [0.05, 0.1) is 26.4 Å². The number of rotatable bonds is 17. The fourth-order valence-electron chi connectivity index (χ4n) is 3.60. The number of carbonyl (C=O) groups excluding carboxylic acids is 3. The van der Waals surface area contributed by atoms with E-state index >= 15 is 0 Å². The number of nitrogens with two attached hydrogens (primary N) is 1. The number of methoxy groups -OCH3 is 1. The molecule has 0 saturated carbocycles. The third-order valence-corrected chi connectivity index (χ3v) is 6.53. The average molecular weight is 640 g/mol. The second-order valence-electron chi connectivity index (χ2n) is 9.01. The minimum atomic E-state index is -4.83.